The van der Waals surface area contributed by atoms with Crippen LogP contribution < -0.4 is 10.4 Å². The monoisotopic (exact) mass is 173 g/mol. The van der Waals surface area contributed by atoms with E-state index in [-0.39, 0.29) is 6.10 Å². The number of aliphatic hydroxyl groups is 1. The number of β-amino-alcohol motifs (C(OH)–C–C–N with tert-alkyl or cyclic N) is 1. The summed E-state index contributed by atoms with van der Waals surface area (Å²) in [6, 6.07) is 7.76. The molecule has 0 saturated carbocycles. The predicted molar refractivity (Wildman–Crippen MR) is 54.7 cm³/mol. The Hall–Kier alpha value is -0.955. The van der Waals surface area contributed by atoms with E-state index in [1.807, 2.05) is 24.3 Å². The van der Waals surface area contributed by atoms with Gasteiger partial charge < -0.3 is 10.0 Å². The Balaban J connectivity index is 2.13. The Morgan fingerprint density at radius 2 is 2.00 bits per heavy atom. The molecular formula is C10H12BNO. The van der Waals surface area contributed by atoms with Crippen LogP contribution in [-0.2, 0) is 0 Å². The minimum atomic E-state index is -0.169. The molecule has 1 saturated heterocycles. The number of benzene rings is 1. The molecule has 2 radical (unpaired) electrons. The molecule has 1 aliphatic heterocycles. The van der Waals surface area contributed by atoms with Crippen molar-refractivity contribution in [2.45, 2.75) is 12.5 Å². The Kier molecular flexibility index (Phi) is 2.27. The fraction of sp³-hybridized carbons (Fsp3) is 0.400. The van der Waals surface area contributed by atoms with Crippen LogP contribution in [0, 0.1) is 0 Å². The Labute approximate surface area is 79.6 Å². The van der Waals surface area contributed by atoms with Gasteiger partial charge in [0, 0.05) is 18.8 Å². The topological polar surface area (TPSA) is 23.5 Å². The molecule has 66 valence electrons. The Bertz CT molecular complexity index is 285. The summed E-state index contributed by atoms with van der Waals surface area (Å²) in [6.45, 7) is 1.68. The van der Waals surface area contributed by atoms with Crippen molar-refractivity contribution in [3.63, 3.8) is 0 Å². The summed E-state index contributed by atoms with van der Waals surface area (Å²) < 4.78 is 0. The first-order valence-electron chi connectivity index (χ1n) is 4.54. The van der Waals surface area contributed by atoms with Crippen LogP contribution in [0.1, 0.15) is 6.42 Å². The van der Waals surface area contributed by atoms with Crippen LogP contribution in [0.2, 0.25) is 0 Å². The van der Waals surface area contributed by atoms with Crippen molar-refractivity contribution in [3.05, 3.63) is 24.3 Å². The summed E-state index contributed by atoms with van der Waals surface area (Å²) >= 11 is 0. The van der Waals surface area contributed by atoms with Gasteiger partial charge in [-0.05, 0) is 18.6 Å². The number of rotatable bonds is 1. The van der Waals surface area contributed by atoms with Gasteiger partial charge in [0.15, 0.2) is 0 Å². The van der Waals surface area contributed by atoms with Crippen LogP contribution in [0.3, 0.4) is 0 Å². The van der Waals surface area contributed by atoms with Crippen molar-refractivity contribution in [3.8, 4) is 0 Å². The van der Waals surface area contributed by atoms with Crippen molar-refractivity contribution >= 4 is 19.0 Å². The second kappa shape index (κ2) is 3.42. The molecule has 1 N–H and O–H groups in total. The minimum Gasteiger partial charge on any atom is -0.391 e. The third kappa shape index (κ3) is 1.86. The number of hydrogen-bond acceptors (Lipinski definition) is 2. The smallest absolute Gasteiger partial charge is 0.113 e. The van der Waals surface area contributed by atoms with Gasteiger partial charge in [-0.1, -0.05) is 17.6 Å². The lowest BCUT2D eigenvalue weighted by molar-refractivity contribution is 0.198. The molecule has 1 aromatic carbocycles. The van der Waals surface area contributed by atoms with E-state index in [4.69, 9.17) is 7.85 Å². The summed E-state index contributed by atoms with van der Waals surface area (Å²) in [4.78, 5) is 2.17. The number of anilines is 1. The van der Waals surface area contributed by atoms with Crippen molar-refractivity contribution in [1.29, 1.82) is 0 Å². The molecule has 1 aliphatic rings. The summed E-state index contributed by atoms with van der Waals surface area (Å²) in [5.74, 6) is 0. The van der Waals surface area contributed by atoms with Crippen molar-refractivity contribution in [1.82, 2.24) is 0 Å². The molecule has 1 atom stereocenters. The first-order valence-corrected chi connectivity index (χ1v) is 4.54. The van der Waals surface area contributed by atoms with Crippen LogP contribution in [0.15, 0.2) is 24.3 Å². The van der Waals surface area contributed by atoms with Crippen LogP contribution in [-0.4, -0.2) is 32.1 Å². The van der Waals surface area contributed by atoms with Gasteiger partial charge in [0.1, 0.15) is 7.85 Å². The minimum absolute atomic E-state index is 0.169. The van der Waals surface area contributed by atoms with Crippen molar-refractivity contribution in [2.24, 2.45) is 0 Å². The third-order valence-electron chi connectivity index (χ3n) is 2.42. The van der Waals surface area contributed by atoms with Gasteiger partial charge in [-0.15, -0.1) is 0 Å². The summed E-state index contributed by atoms with van der Waals surface area (Å²) in [7, 11) is 5.58. The van der Waals surface area contributed by atoms with E-state index in [0.29, 0.717) is 0 Å². The fourth-order valence-corrected chi connectivity index (χ4v) is 1.66. The second-order valence-corrected chi connectivity index (χ2v) is 3.48. The molecule has 0 unspecified atom stereocenters. The lowest BCUT2D eigenvalue weighted by atomic mass is 9.96. The van der Waals surface area contributed by atoms with Gasteiger partial charge >= 0.3 is 0 Å². The molecular weight excluding hydrogens is 161 g/mol. The predicted octanol–water partition coefficient (Wildman–Crippen LogP) is 0.0514. The van der Waals surface area contributed by atoms with Crippen LogP contribution in [0.4, 0.5) is 5.69 Å². The van der Waals surface area contributed by atoms with Gasteiger partial charge in [-0.2, -0.15) is 0 Å². The van der Waals surface area contributed by atoms with Crippen LogP contribution >= 0.6 is 0 Å². The Morgan fingerprint density at radius 1 is 1.31 bits per heavy atom. The molecule has 0 aliphatic carbocycles. The number of aliphatic hydroxyl groups excluding tert-OH is 1. The standard InChI is InChI=1S/C10H12BNO/c11-8-1-3-9(4-2-8)12-6-5-10(13)7-12/h1-4,10,13H,5-7H2/t10-/m0/s1. The number of nitrogens with zero attached hydrogens (tertiary/aromatic N) is 1. The van der Waals surface area contributed by atoms with E-state index in [2.05, 4.69) is 4.90 Å². The van der Waals surface area contributed by atoms with Gasteiger partial charge in [0.05, 0.1) is 6.10 Å². The molecule has 2 nitrogen and oxygen atoms in total. The quantitative estimate of drug-likeness (QED) is 0.606. The normalized spacial score (nSPS) is 22.2. The molecule has 0 spiro atoms. The highest BCUT2D eigenvalue weighted by atomic mass is 16.3. The lowest BCUT2D eigenvalue weighted by Gasteiger charge is -2.17. The average molecular weight is 173 g/mol. The maximum Gasteiger partial charge on any atom is 0.113 e. The molecule has 1 aromatic rings. The summed E-state index contributed by atoms with van der Waals surface area (Å²) in [5.41, 5.74) is 1.93. The van der Waals surface area contributed by atoms with Gasteiger partial charge in [-0.25, -0.2) is 0 Å². The van der Waals surface area contributed by atoms with Gasteiger partial charge in [-0.3, -0.25) is 0 Å². The molecule has 0 bridgehead atoms. The highest BCUT2D eigenvalue weighted by Gasteiger charge is 2.19. The first kappa shape index (κ1) is 8.63. The van der Waals surface area contributed by atoms with E-state index < -0.39 is 0 Å². The zero-order chi connectivity index (χ0) is 9.26. The maximum absolute atomic E-state index is 9.35. The van der Waals surface area contributed by atoms with Crippen LogP contribution in [0.5, 0.6) is 0 Å². The van der Waals surface area contributed by atoms with Crippen molar-refractivity contribution in [2.75, 3.05) is 18.0 Å². The fourth-order valence-electron chi connectivity index (χ4n) is 1.66. The lowest BCUT2D eigenvalue weighted by Crippen LogP contribution is -2.21. The molecule has 0 amide bonds. The molecule has 2 rings (SSSR count). The highest BCUT2D eigenvalue weighted by Crippen LogP contribution is 2.18. The molecule has 1 heterocycles. The SMILES string of the molecule is [B]c1ccc(N2CC[C@H](O)C2)cc1. The van der Waals surface area contributed by atoms with Crippen molar-refractivity contribution < 1.29 is 5.11 Å². The second-order valence-electron chi connectivity index (χ2n) is 3.48. The first-order chi connectivity index (χ1) is 6.25. The number of hydrogen-bond donors (Lipinski definition) is 1. The maximum atomic E-state index is 9.35. The molecule has 3 heteroatoms. The summed E-state index contributed by atoms with van der Waals surface area (Å²) in [6.07, 6.45) is 0.697. The molecule has 13 heavy (non-hydrogen) atoms. The van der Waals surface area contributed by atoms with E-state index in [1.54, 1.807) is 0 Å². The molecule has 1 fully saturated rings. The molecule has 0 aromatic heterocycles. The highest BCUT2D eigenvalue weighted by molar-refractivity contribution is 6.32. The Morgan fingerprint density at radius 3 is 2.54 bits per heavy atom. The van der Waals surface area contributed by atoms with E-state index in [0.717, 1.165) is 30.7 Å². The van der Waals surface area contributed by atoms with Gasteiger partial charge in [0.2, 0.25) is 0 Å². The van der Waals surface area contributed by atoms with E-state index in [9.17, 15) is 5.11 Å². The van der Waals surface area contributed by atoms with Crippen LogP contribution in [0.25, 0.3) is 0 Å². The zero-order valence-electron chi connectivity index (χ0n) is 7.48. The third-order valence-corrected chi connectivity index (χ3v) is 2.42. The van der Waals surface area contributed by atoms with E-state index >= 15 is 0 Å². The zero-order valence-corrected chi connectivity index (χ0v) is 7.48. The van der Waals surface area contributed by atoms with E-state index in [1.165, 1.54) is 0 Å². The largest absolute Gasteiger partial charge is 0.391 e. The average Bonchev–Trinajstić information content (AvgIpc) is 2.53. The summed E-state index contributed by atoms with van der Waals surface area (Å²) in [5, 5.41) is 9.35. The van der Waals surface area contributed by atoms with Gasteiger partial charge in [0.25, 0.3) is 0 Å².